The first kappa shape index (κ1) is 14.5. The minimum atomic E-state index is -3.36. The first-order chi connectivity index (χ1) is 8.46. The highest BCUT2D eigenvalue weighted by atomic mass is 32.2. The molecule has 1 aromatic carbocycles. The second kappa shape index (κ2) is 6.36. The van der Waals surface area contributed by atoms with Gasteiger partial charge >= 0.3 is 0 Å². The summed E-state index contributed by atoms with van der Waals surface area (Å²) < 4.78 is 29.5. The van der Waals surface area contributed by atoms with E-state index in [1.807, 2.05) is 0 Å². The van der Waals surface area contributed by atoms with Crippen molar-refractivity contribution in [2.24, 2.45) is 0 Å². The Morgan fingerprint density at radius 2 is 2.11 bits per heavy atom. The topological polar surface area (TPSA) is 84.5 Å². The summed E-state index contributed by atoms with van der Waals surface area (Å²) in [6.45, 7) is 1.22. The number of ether oxygens (including phenoxy) is 1. The van der Waals surface area contributed by atoms with Gasteiger partial charge in [0.25, 0.3) is 0 Å². The van der Waals surface area contributed by atoms with E-state index in [-0.39, 0.29) is 12.3 Å². The second-order valence-electron chi connectivity index (χ2n) is 3.50. The number of amides is 1. The molecule has 0 spiro atoms. The Labute approximate surface area is 106 Å². The normalized spacial score (nSPS) is 11.0. The standard InChI is InChI=1S/C11H16N2O4S/c1-3-18(15,16)12-8-11(14)13-9-5-4-6-10(7-9)17-2/h4-7,12H,3,8H2,1-2H3,(H,13,14). The van der Waals surface area contributed by atoms with Crippen molar-refractivity contribution in [2.75, 3.05) is 24.7 Å². The maximum absolute atomic E-state index is 11.5. The van der Waals surface area contributed by atoms with Gasteiger partial charge in [0.05, 0.1) is 19.4 Å². The molecule has 0 bridgehead atoms. The fourth-order valence-electron chi connectivity index (χ4n) is 1.18. The van der Waals surface area contributed by atoms with Gasteiger partial charge in [-0.15, -0.1) is 0 Å². The average Bonchev–Trinajstić information content (AvgIpc) is 2.37. The second-order valence-corrected chi connectivity index (χ2v) is 5.60. The summed E-state index contributed by atoms with van der Waals surface area (Å²) in [4.78, 5) is 11.5. The summed E-state index contributed by atoms with van der Waals surface area (Å²) in [7, 11) is -1.83. The van der Waals surface area contributed by atoms with Crippen LogP contribution >= 0.6 is 0 Å². The molecule has 0 saturated carbocycles. The van der Waals surface area contributed by atoms with Crippen LogP contribution in [0.15, 0.2) is 24.3 Å². The third-order valence-electron chi connectivity index (χ3n) is 2.19. The Balaban J connectivity index is 2.54. The molecule has 1 amide bonds. The summed E-state index contributed by atoms with van der Waals surface area (Å²) in [5.74, 6) is 0.126. The lowest BCUT2D eigenvalue weighted by molar-refractivity contribution is -0.115. The van der Waals surface area contributed by atoms with Crippen LogP contribution in [0.3, 0.4) is 0 Å². The first-order valence-corrected chi connectivity index (χ1v) is 7.03. The highest BCUT2D eigenvalue weighted by molar-refractivity contribution is 7.89. The largest absolute Gasteiger partial charge is 0.497 e. The summed E-state index contributed by atoms with van der Waals surface area (Å²) in [6, 6.07) is 6.81. The van der Waals surface area contributed by atoms with E-state index in [0.717, 1.165) is 0 Å². The van der Waals surface area contributed by atoms with Gasteiger partial charge in [-0.05, 0) is 19.1 Å². The number of hydrogen-bond acceptors (Lipinski definition) is 4. The van der Waals surface area contributed by atoms with Gasteiger partial charge in [0.1, 0.15) is 5.75 Å². The van der Waals surface area contributed by atoms with Crippen LogP contribution in [-0.2, 0) is 14.8 Å². The number of methoxy groups -OCH3 is 1. The minimum Gasteiger partial charge on any atom is -0.497 e. The highest BCUT2D eigenvalue weighted by Crippen LogP contribution is 2.16. The van der Waals surface area contributed by atoms with Gasteiger partial charge < -0.3 is 10.1 Å². The summed E-state index contributed by atoms with van der Waals surface area (Å²) in [6.07, 6.45) is 0. The van der Waals surface area contributed by atoms with E-state index in [1.165, 1.54) is 14.0 Å². The molecule has 0 heterocycles. The highest BCUT2D eigenvalue weighted by Gasteiger charge is 2.09. The van der Waals surface area contributed by atoms with E-state index in [1.54, 1.807) is 24.3 Å². The van der Waals surface area contributed by atoms with Gasteiger partial charge in [0.15, 0.2) is 0 Å². The third-order valence-corrected chi connectivity index (χ3v) is 3.53. The molecular weight excluding hydrogens is 256 g/mol. The Kier molecular flexibility index (Phi) is 5.11. The smallest absolute Gasteiger partial charge is 0.239 e. The molecule has 0 aliphatic heterocycles. The Hall–Kier alpha value is -1.60. The number of carbonyl (C=O) groups is 1. The Morgan fingerprint density at radius 1 is 1.39 bits per heavy atom. The molecule has 18 heavy (non-hydrogen) atoms. The molecule has 0 aliphatic carbocycles. The van der Waals surface area contributed by atoms with Crippen molar-refractivity contribution < 1.29 is 17.9 Å². The maximum atomic E-state index is 11.5. The van der Waals surface area contributed by atoms with E-state index in [0.29, 0.717) is 11.4 Å². The number of carbonyl (C=O) groups excluding carboxylic acids is 1. The van der Waals surface area contributed by atoms with Gasteiger partial charge in [-0.2, -0.15) is 0 Å². The van der Waals surface area contributed by atoms with Gasteiger partial charge in [-0.3, -0.25) is 4.79 Å². The molecule has 0 unspecified atom stereocenters. The zero-order valence-electron chi connectivity index (χ0n) is 10.3. The van der Waals surface area contributed by atoms with Crippen LogP contribution in [0.4, 0.5) is 5.69 Å². The van der Waals surface area contributed by atoms with Crippen LogP contribution in [0.25, 0.3) is 0 Å². The van der Waals surface area contributed by atoms with E-state index in [9.17, 15) is 13.2 Å². The number of sulfonamides is 1. The quantitative estimate of drug-likeness (QED) is 0.793. The molecule has 0 radical (unpaired) electrons. The van der Waals surface area contributed by atoms with Crippen molar-refractivity contribution in [3.8, 4) is 5.75 Å². The van der Waals surface area contributed by atoms with Crippen LogP contribution in [0.1, 0.15) is 6.92 Å². The zero-order valence-corrected chi connectivity index (χ0v) is 11.1. The van der Waals surface area contributed by atoms with Crippen molar-refractivity contribution in [3.05, 3.63) is 24.3 Å². The lowest BCUT2D eigenvalue weighted by Gasteiger charge is -2.07. The summed E-state index contributed by atoms with van der Waals surface area (Å²) in [5, 5.41) is 2.57. The van der Waals surface area contributed by atoms with Crippen LogP contribution in [-0.4, -0.2) is 33.7 Å². The SMILES string of the molecule is CCS(=O)(=O)NCC(=O)Nc1cccc(OC)c1. The molecular formula is C11H16N2O4S. The van der Waals surface area contributed by atoms with Crippen molar-refractivity contribution in [1.29, 1.82) is 0 Å². The molecule has 0 atom stereocenters. The zero-order chi connectivity index (χ0) is 13.6. The summed E-state index contributed by atoms with van der Waals surface area (Å²) in [5.41, 5.74) is 0.551. The molecule has 2 N–H and O–H groups in total. The fourth-order valence-corrected chi connectivity index (χ4v) is 1.74. The van der Waals surface area contributed by atoms with E-state index >= 15 is 0 Å². The molecule has 6 nitrogen and oxygen atoms in total. The lowest BCUT2D eigenvalue weighted by atomic mass is 10.3. The molecule has 1 rings (SSSR count). The van der Waals surface area contributed by atoms with Gasteiger partial charge in [0.2, 0.25) is 15.9 Å². The first-order valence-electron chi connectivity index (χ1n) is 5.38. The number of hydrogen-bond donors (Lipinski definition) is 2. The molecule has 1 aromatic rings. The van der Waals surface area contributed by atoms with Crippen molar-refractivity contribution >= 4 is 21.6 Å². The molecule has 100 valence electrons. The van der Waals surface area contributed by atoms with Gasteiger partial charge in [0, 0.05) is 11.8 Å². The minimum absolute atomic E-state index is 0.0561. The molecule has 0 saturated heterocycles. The molecule has 7 heteroatoms. The average molecular weight is 272 g/mol. The molecule has 0 aliphatic rings. The summed E-state index contributed by atoms with van der Waals surface area (Å²) >= 11 is 0. The van der Waals surface area contributed by atoms with Crippen LogP contribution < -0.4 is 14.8 Å². The van der Waals surface area contributed by atoms with E-state index in [4.69, 9.17) is 4.74 Å². The number of anilines is 1. The number of nitrogens with one attached hydrogen (secondary N) is 2. The predicted octanol–water partition coefficient (Wildman–Crippen LogP) is 0.573. The van der Waals surface area contributed by atoms with Crippen molar-refractivity contribution in [1.82, 2.24) is 4.72 Å². The predicted molar refractivity (Wildman–Crippen MR) is 69.1 cm³/mol. The third kappa shape index (κ3) is 4.72. The lowest BCUT2D eigenvalue weighted by Crippen LogP contribution is -2.33. The van der Waals surface area contributed by atoms with Gasteiger partial charge in [-0.25, -0.2) is 13.1 Å². The fraction of sp³-hybridized carbons (Fsp3) is 0.364. The van der Waals surface area contributed by atoms with E-state index < -0.39 is 15.9 Å². The number of benzene rings is 1. The number of rotatable bonds is 6. The van der Waals surface area contributed by atoms with Crippen LogP contribution in [0, 0.1) is 0 Å². The van der Waals surface area contributed by atoms with Gasteiger partial charge in [-0.1, -0.05) is 6.07 Å². The Bertz CT molecular complexity index is 514. The van der Waals surface area contributed by atoms with Crippen LogP contribution in [0.2, 0.25) is 0 Å². The Morgan fingerprint density at radius 3 is 2.72 bits per heavy atom. The maximum Gasteiger partial charge on any atom is 0.239 e. The van der Waals surface area contributed by atoms with Crippen molar-refractivity contribution in [2.45, 2.75) is 6.92 Å². The van der Waals surface area contributed by atoms with Crippen molar-refractivity contribution in [3.63, 3.8) is 0 Å². The van der Waals surface area contributed by atoms with E-state index in [2.05, 4.69) is 10.0 Å². The molecule has 0 fully saturated rings. The van der Waals surface area contributed by atoms with Crippen LogP contribution in [0.5, 0.6) is 5.75 Å². The molecule has 0 aromatic heterocycles. The monoisotopic (exact) mass is 272 g/mol.